The van der Waals surface area contributed by atoms with Gasteiger partial charge in [0, 0.05) is 12.5 Å². The predicted octanol–water partition coefficient (Wildman–Crippen LogP) is 2.08. The van der Waals surface area contributed by atoms with Gasteiger partial charge < -0.3 is 4.74 Å². The lowest BCUT2D eigenvalue weighted by molar-refractivity contribution is -0.141. The molecule has 58 valence electrons. The number of ether oxygens (including phenoxy) is 1. The average Bonchev–Trinajstić information content (AvgIpc) is 1.87. The first-order chi connectivity index (χ1) is 4.77. The monoisotopic (exact) mass is 162 g/mol. The van der Waals surface area contributed by atoms with E-state index in [0.717, 1.165) is 12.8 Å². The Morgan fingerprint density at radius 2 is 2.40 bits per heavy atom. The van der Waals surface area contributed by atoms with Crippen LogP contribution in [0.1, 0.15) is 19.8 Å². The third kappa shape index (κ3) is 7.50. The molecule has 3 heteroatoms. The highest BCUT2D eigenvalue weighted by atomic mass is 35.5. The van der Waals surface area contributed by atoms with Crippen molar-refractivity contribution >= 4 is 17.6 Å². The fourth-order valence-electron chi connectivity index (χ4n) is 0.480. The van der Waals surface area contributed by atoms with Gasteiger partial charge in [-0.2, -0.15) is 0 Å². The Bertz CT molecular complexity index is 121. The molecule has 0 radical (unpaired) electrons. The Hall–Kier alpha value is -0.500. The van der Waals surface area contributed by atoms with Gasteiger partial charge in [0.1, 0.15) is 0 Å². The summed E-state index contributed by atoms with van der Waals surface area (Å²) in [5, 5.41) is 0. The second-order valence-corrected chi connectivity index (χ2v) is 2.10. The highest BCUT2D eigenvalue weighted by molar-refractivity contribution is 6.25. The smallest absolute Gasteiger partial charge is 0.302 e. The van der Waals surface area contributed by atoms with Crippen LogP contribution in [0, 0.1) is 0 Å². The standard InChI is InChI=1S/C7H11ClO2/c1-7(9)10-6-4-2-3-5-8/h3,5H,2,4,6H2,1H3. The lowest BCUT2D eigenvalue weighted by atomic mass is 10.3. The summed E-state index contributed by atoms with van der Waals surface area (Å²) >= 11 is 5.25. The van der Waals surface area contributed by atoms with Gasteiger partial charge in [-0.1, -0.05) is 17.7 Å². The number of rotatable bonds is 4. The number of esters is 1. The van der Waals surface area contributed by atoms with Crippen LogP contribution in [0.15, 0.2) is 11.6 Å². The number of hydrogen-bond donors (Lipinski definition) is 0. The van der Waals surface area contributed by atoms with E-state index >= 15 is 0 Å². The number of carbonyl (C=O) groups excluding carboxylic acids is 1. The Balaban J connectivity index is 2.98. The molecule has 10 heavy (non-hydrogen) atoms. The molecule has 0 bridgehead atoms. The molecule has 0 rings (SSSR count). The zero-order valence-corrected chi connectivity index (χ0v) is 6.73. The fourth-order valence-corrected chi connectivity index (χ4v) is 0.606. The molecule has 0 amide bonds. The van der Waals surface area contributed by atoms with Crippen LogP contribution >= 0.6 is 11.6 Å². The number of allylic oxidation sites excluding steroid dienone is 1. The van der Waals surface area contributed by atoms with Crippen molar-refractivity contribution in [1.29, 1.82) is 0 Å². The molecule has 0 aliphatic heterocycles. The summed E-state index contributed by atoms with van der Waals surface area (Å²) in [7, 11) is 0. The second kappa shape index (κ2) is 6.62. The van der Waals surface area contributed by atoms with Gasteiger partial charge in [0.15, 0.2) is 0 Å². The predicted molar refractivity (Wildman–Crippen MR) is 40.9 cm³/mol. The normalized spacial score (nSPS) is 10.2. The highest BCUT2D eigenvalue weighted by Gasteiger charge is 1.89. The van der Waals surface area contributed by atoms with Crippen molar-refractivity contribution < 1.29 is 9.53 Å². The first kappa shape index (κ1) is 9.50. The maximum atomic E-state index is 10.2. The van der Waals surface area contributed by atoms with Crippen LogP contribution in [0.5, 0.6) is 0 Å². The van der Waals surface area contributed by atoms with Crippen LogP contribution in [0.4, 0.5) is 0 Å². The molecule has 0 N–H and O–H groups in total. The van der Waals surface area contributed by atoms with E-state index in [4.69, 9.17) is 11.6 Å². The Morgan fingerprint density at radius 1 is 1.70 bits per heavy atom. The second-order valence-electron chi connectivity index (χ2n) is 1.84. The maximum Gasteiger partial charge on any atom is 0.302 e. The SMILES string of the molecule is CC(=O)OCCCC=CCl. The summed E-state index contributed by atoms with van der Waals surface area (Å²) in [5.41, 5.74) is 1.47. The van der Waals surface area contributed by atoms with E-state index in [-0.39, 0.29) is 5.97 Å². The van der Waals surface area contributed by atoms with Crippen molar-refractivity contribution in [1.82, 2.24) is 0 Å². The van der Waals surface area contributed by atoms with Crippen molar-refractivity contribution in [2.24, 2.45) is 0 Å². The fraction of sp³-hybridized carbons (Fsp3) is 0.571. The van der Waals surface area contributed by atoms with Crippen LogP contribution in [-0.2, 0) is 9.53 Å². The molecule has 0 fully saturated rings. The largest absolute Gasteiger partial charge is 0.466 e. The van der Waals surface area contributed by atoms with E-state index in [1.54, 1.807) is 0 Å². The van der Waals surface area contributed by atoms with Crippen molar-refractivity contribution in [3.63, 3.8) is 0 Å². The summed E-state index contributed by atoms with van der Waals surface area (Å²) in [5.74, 6) is -0.227. The first-order valence-corrected chi connectivity index (χ1v) is 3.59. The lowest BCUT2D eigenvalue weighted by Gasteiger charge is -1.97. The molecule has 0 saturated carbocycles. The van der Waals surface area contributed by atoms with Crippen molar-refractivity contribution in [3.8, 4) is 0 Å². The number of halogens is 1. The lowest BCUT2D eigenvalue weighted by Crippen LogP contribution is -1.99. The summed E-state index contributed by atoms with van der Waals surface area (Å²) in [6.45, 7) is 1.88. The molecular weight excluding hydrogens is 152 g/mol. The van der Waals surface area contributed by atoms with Gasteiger partial charge in [-0.3, -0.25) is 4.79 Å². The number of carbonyl (C=O) groups is 1. The van der Waals surface area contributed by atoms with Gasteiger partial charge in [-0.05, 0) is 12.8 Å². The van der Waals surface area contributed by atoms with E-state index < -0.39 is 0 Å². The minimum Gasteiger partial charge on any atom is -0.466 e. The molecular formula is C7H11ClO2. The molecule has 0 aliphatic rings. The van der Waals surface area contributed by atoms with Crippen molar-refractivity contribution in [3.05, 3.63) is 11.6 Å². The topological polar surface area (TPSA) is 26.3 Å². The van der Waals surface area contributed by atoms with Gasteiger partial charge in [0.05, 0.1) is 6.61 Å². The van der Waals surface area contributed by atoms with E-state index in [2.05, 4.69) is 4.74 Å². The van der Waals surface area contributed by atoms with Gasteiger partial charge >= 0.3 is 5.97 Å². The van der Waals surface area contributed by atoms with Crippen LogP contribution in [-0.4, -0.2) is 12.6 Å². The third-order valence-electron chi connectivity index (χ3n) is 0.910. The Labute approximate surface area is 65.8 Å². The Kier molecular flexibility index (Phi) is 6.29. The quantitative estimate of drug-likeness (QED) is 0.468. The summed E-state index contributed by atoms with van der Waals surface area (Å²) in [6, 6.07) is 0. The van der Waals surface area contributed by atoms with E-state index in [1.807, 2.05) is 6.08 Å². The maximum absolute atomic E-state index is 10.2. The van der Waals surface area contributed by atoms with Gasteiger partial charge in [0.25, 0.3) is 0 Å². The van der Waals surface area contributed by atoms with Gasteiger partial charge in [-0.15, -0.1) is 0 Å². The summed E-state index contributed by atoms with van der Waals surface area (Å²) < 4.78 is 4.67. The number of hydrogen-bond acceptors (Lipinski definition) is 2. The van der Waals surface area contributed by atoms with E-state index in [1.165, 1.54) is 12.5 Å². The zero-order valence-electron chi connectivity index (χ0n) is 5.97. The third-order valence-corrected chi connectivity index (χ3v) is 1.09. The molecule has 0 aromatic carbocycles. The van der Waals surface area contributed by atoms with E-state index in [0.29, 0.717) is 6.61 Å². The van der Waals surface area contributed by atoms with Crippen LogP contribution < -0.4 is 0 Å². The van der Waals surface area contributed by atoms with E-state index in [9.17, 15) is 4.79 Å². The van der Waals surface area contributed by atoms with Crippen LogP contribution in [0.2, 0.25) is 0 Å². The Morgan fingerprint density at radius 3 is 2.90 bits per heavy atom. The molecule has 0 spiro atoms. The van der Waals surface area contributed by atoms with Gasteiger partial charge in [0.2, 0.25) is 0 Å². The molecule has 0 saturated heterocycles. The molecule has 0 aromatic rings. The van der Waals surface area contributed by atoms with Crippen molar-refractivity contribution in [2.45, 2.75) is 19.8 Å². The molecule has 0 atom stereocenters. The summed E-state index contributed by atoms with van der Waals surface area (Å²) in [4.78, 5) is 10.2. The molecule has 0 unspecified atom stereocenters. The number of unbranched alkanes of at least 4 members (excludes halogenated alkanes) is 1. The van der Waals surface area contributed by atoms with Crippen molar-refractivity contribution in [2.75, 3.05) is 6.61 Å². The zero-order chi connectivity index (χ0) is 7.82. The molecule has 0 aromatic heterocycles. The highest BCUT2D eigenvalue weighted by Crippen LogP contribution is 1.93. The van der Waals surface area contributed by atoms with Crippen LogP contribution in [0.3, 0.4) is 0 Å². The first-order valence-electron chi connectivity index (χ1n) is 3.16. The van der Waals surface area contributed by atoms with Crippen LogP contribution in [0.25, 0.3) is 0 Å². The minimum atomic E-state index is -0.227. The average molecular weight is 163 g/mol. The minimum absolute atomic E-state index is 0.227. The molecule has 0 aliphatic carbocycles. The molecule has 0 heterocycles. The molecule has 2 nitrogen and oxygen atoms in total. The summed E-state index contributed by atoms with van der Waals surface area (Å²) in [6.07, 6.45) is 3.52. The van der Waals surface area contributed by atoms with Gasteiger partial charge in [-0.25, -0.2) is 0 Å².